The highest BCUT2D eigenvalue weighted by atomic mass is 31.2. The Balaban J connectivity index is 4.26. The number of phosphoric acid groups is 1. The highest BCUT2D eigenvalue weighted by Crippen LogP contribution is 2.38. The summed E-state index contributed by atoms with van der Waals surface area (Å²) in [5.41, 5.74) is 0. The van der Waals surface area contributed by atoms with E-state index >= 15 is 0 Å². The molecule has 2 unspecified atom stereocenters. The van der Waals surface area contributed by atoms with Crippen LogP contribution in [0, 0.1) is 0 Å². The maximum absolute atomic E-state index is 12.7. The van der Waals surface area contributed by atoms with Gasteiger partial charge in [0.2, 0.25) is 0 Å². The van der Waals surface area contributed by atoms with Crippen LogP contribution in [0.3, 0.4) is 0 Å². The molecular formula is C53H96NO8P. The van der Waals surface area contributed by atoms with Gasteiger partial charge in [0.15, 0.2) is 6.10 Å². The number of hydrogen-bond acceptors (Lipinski definition) is 8. The molecule has 0 rings (SSSR count). The van der Waals surface area contributed by atoms with Crippen LogP contribution >= 0.6 is 7.82 Å². The maximum Gasteiger partial charge on any atom is 0.306 e. The number of esters is 2. The zero-order chi connectivity index (χ0) is 46.4. The number of rotatable bonds is 46. The minimum Gasteiger partial charge on any atom is -0.756 e. The second kappa shape index (κ2) is 44.9. The minimum absolute atomic E-state index is 0.0347. The molecule has 63 heavy (non-hydrogen) atoms. The van der Waals surface area contributed by atoms with Gasteiger partial charge in [0, 0.05) is 12.8 Å². The zero-order valence-electron chi connectivity index (χ0n) is 41.3. The molecule has 0 N–H and O–H groups in total. The van der Waals surface area contributed by atoms with Gasteiger partial charge in [-0.15, -0.1) is 0 Å². The number of carbonyl (C=O) groups excluding carboxylic acids is 2. The summed E-state index contributed by atoms with van der Waals surface area (Å²) < 4.78 is 34.0. The molecule has 0 saturated carbocycles. The number of nitrogens with zero attached hydrogens (tertiary/aromatic N) is 1. The van der Waals surface area contributed by atoms with E-state index in [1.807, 2.05) is 21.1 Å². The molecule has 2 atom stereocenters. The molecule has 0 radical (unpaired) electrons. The Morgan fingerprint density at radius 3 is 1.37 bits per heavy atom. The van der Waals surface area contributed by atoms with E-state index in [4.69, 9.17) is 18.5 Å². The fraction of sp³-hybridized carbons (Fsp3) is 0.774. The molecule has 0 saturated heterocycles. The largest absolute Gasteiger partial charge is 0.756 e. The molecule has 0 bridgehead atoms. The first-order valence-electron chi connectivity index (χ1n) is 25.5. The van der Waals surface area contributed by atoms with Gasteiger partial charge in [-0.2, -0.15) is 0 Å². The van der Waals surface area contributed by atoms with Crippen molar-refractivity contribution in [3.8, 4) is 0 Å². The molecular weight excluding hydrogens is 810 g/mol. The highest BCUT2D eigenvalue weighted by molar-refractivity contribution is 7.45. The van der Waals surface area contributed by atoms with Crippen LogP contribution in [0.15, 0.2) is 60.8 Å². The Morgan fingerprint density at radius 1 is 0.508 bits per heavy atom. The molecule has 0 fully saturated rings. The average molecular weight is 906 g/mol. The topological polar surface area (TPSA) is 111 Å². The SMILES string of the molecule is CC/C=C\C/C=C\C/C=C\C/C=C\CCCCCCCCCCCCC(=O)OC(COC(=O)CCCCCCC/C=C\CCCCCCCCC)COP(=O)([O-])OCC[N+](C)(C)C. The Labute approximate surface area is 387 Å². The summed E-state index contributed by atoms with van der Waals surface area (Å²) in [5.74, 6) is -0.847. The second-order valence-corrected chi connectivity index (χ2v) is 19.6. The molecule has 0 aliphatic carbocycles. The van der Waals surface area contributed by atoms with Crippen molar-refractivity contribution in [1.29, 1.82) is 0 Å². The monoisotopic (exact) mass is 906 g/mol. The lowest BCUT2D eigenvalue weighted by Crippen LogP contribution is -2.37. The highest BCUT2D eigenvalue weighted by Gasteiger charge is 2.21. The van der Waals surface area contributed by atoms with E-state index in [1.165, 1.54) is 89.9 Å². The molecule has 0 aromatic rings. The molecule has 9 nitrogen and oxygen atoms in total. The second-order valence-electron chi connectivity index (χ2n) is 18.1. The van der Waals surface area contributed by atoms with Crippen molar-refractivity contribution in [3.05, 3.63) is 60.8 Å². The Hall–Kier alpha value is -2.29. The van der Waals surface area contributed by atoms with Crippen LogP contribution in [0.4, 0.5) is 0 Å². The van der Waals surface area contributed by atoms with Crippen molar-refractivity contribution in [1.82, 2.24) is 0 Å². The lowest BCUT2D eigenvalue weighted by molar-refractivity contribution is -0.870. The first-order chi connectivity index (χ1) is 30.5. The van der Waals surface area contributed by atoms with E-state index in [9.17, 15) is 19.0 Å². The number of ether oxygens (including phenoxy) is 2. The molecule has 0 aromatic carbocycles. The van der Waals surface area contributed by atoms with Crippen molar-refractivity contribution < 1.29 is 42.1 Å². The average Bonchev–Trinajstić information content (AvgIpc) is 3.24. The summed E-state index contributed by atoms with van der Waals surface area (Å²) in [4.78, 5) is 37.7. The van der Waals surface area contributed by atoms with Crippen molar-refractivity contribution in [2.45, 2.75) is 219 Å². The molecule has 0 aromatic heterocycles. The predicted molar refractivity (Wildman–Crippen MR) is 263 cm³/mol. The van der Waals surface area contributed by atoms with Gasteiger partial charge in [0.25, 0.3) is 7.82 Å². The number of quaternary nitrogens is 1. The Morgan fingerprint density at radius 2 is 0.905 bits per heavy atom. The van der Waals surface area contributed by atoms with Crippen molar-refractivity contribution >= 4 is 19.8 Å². The number of allylic oxidation sites excluding steroid dienone is 10. The van der Waals surface area contributed by atoms with Gasteiger partial charge in [-0.1, -0.05) is 184 Å². The van der Waals surface area contributed by atoms with Gasteiger partial charge < -0.3 is 27.9 Å². The smallest absolute Gasteiger partial charge is 0.306 e. The van der Waals surface area contributed by atoms with Gasteiger partial charge in [0.05, 0.1) is 27.7 Å². The number of hydrogen-bond donors (Lipinski definition) is 0. The quantitative estimate of drug-likeness (QED) is 0.0195. The number of carbonyl (C=O) groups is 2. The number of likely N-dealkylation sites (N-methyl/N-ethyl adjacent to an activating group) is 1. The Bertz CT molecular complexity index is 1250. The standard InChI is InChI=1S/C53H96NO8P/c1-6-8-10-12-14-16-18-20-22-24-25-26-27-28-29-30-32-34-36-38-40-42-44-46-53(56)62-51(50-61-63(57,58)60-48-47-54(3,4)5)49-59-52(55)45-43-41-39-37-35-33-31-23-21-19-17-15-13-11-9-7-2/h8,10,14,16,20,22-23,25-26,31,51H,6-7,9,11-13,15,17-19,21,24,27-30,32-50H2,1-5H3/b10-8-,16-14-,22-20-,26-25-,31-23-. The van der Waals surface area contributed by atoms with Crippen molar-refractivity contribution in [2.24, 2.45) is 0 Å². The van der Waals surface area contributed by atoms with Crippen molar-refractivity contribution in [3.63, 3.8) is 0 Å². The van der Waals surface area contributed by atoms with Gasteiger partial charge in [-0.05, 0) is 77.0 Å². The van der Waals surface area contributed by atoms with E-state index in [0.717, 1.165) is 89.9 Å². The fourth-order valence-electron chi connectivity index (χ4n) is 6.82. The molecule has 0 aliphatic rings. The third kappa shape index (κ3) is 49.0. The summed E-state index contributed by atoms with van der Waals surface area (Å²) in [5, 5.41) is 0. The number of unbranched alkanes of at least 4 members (excludes halogenated alkanes) is 22. The number of phosphoric ester groups is 1. The van der Waals surface area contributed by atoms with E-state index < -0.39 is 32.5 Å². The molecule has 366 valence electrons. The summed E-state index contributed by atoms with van der Waals surface area (Å²) in [6.07, 6.45) is 55.3. The Kier molecular flexibility index (Phi) is 43.3. The molecule has 0 amide bonds. The maximum atomic E-state index is 12.7. The molecule has 10 heteroatoms. The van der Waals surface area contributed by atoms with Crippen LogP contribution in [0.1, 0.15) is 213 Å². The summed E-state index contributed by atoms with van der Waals surface area (Å²) in [7, 11) is 1.15. The molecule has 0 spiro atoms. The van der Waals surface area contributed by atoms with Crippen LogP contribution in [-0.2, 0) is 32.7 Å². The van der Waals surface area contributed by atoms with E-state index in [-0.39, 0.29) is 26.1 Å². The lowest BCUT2D eigenvalue weighted by atomic mass is 10.0. The third-order valence-corrected chi connectivity index (χ3v) is 11.7. The molecule has 0 aliphatic heterocycles. The van der Waals surface area contributed by atoms with Crippen LogP contribution in [0.25, 0.3) is 0 Å². The third-order valence-electron chi connectivity index (χ3n) is 10.8. The summed E-state index contributed by atoms with van der Waals surface area (Å²) in [6, 6.07) is 0. The predicted octanol–water partition coefficient (Wildman–Crippen LogP) is 14.6. The summed E-state index contributed by atoms with van der Waals surface area (Å²) in [6.45, 7) is 4.11. The van der Waals surface area contributed by atoms with Gasteiger partial charge >= 0.3 is 11.9 Å². The van der Waals surface area contributed by atoms with E-state index in [2.05, 4.69) is 74.6 Å². The fourth-order valence-corrected chi connectivity index (χ4v) is 7.55. The normalized spacial score (nSPS) is 13.9. The minimum atomic E-state index is -4.63. The van der Waals surface area contributed by atoms with Gasteiger partial charge in [-0.25, -0.2) is 0 Å². The van der Waals surface area contributed by atoms with Crippen LogP contribution in [0.2, 0.25) is 0 Å². The van der Waals surface area contributed by atoms with Crippen LogP contribution in [0.5, 0.6) is 0 Å². The first-order valence-corrected chi connectivity index (χ1v) is 27.0. The zero-order valence-corrected chi connectivity index (χ0v) is 42.2. The first kappa shape index (κ1) is 60.7. The van der Waals surface area contributed by atoms with E-state index in [1.54, 1.807) is 0 Å². The molecule has 0 heterocycles. The van der Waals surface area contributed by atoms with Crippen LogP contribution < -0.4 is 4.89 Å². The lowest BCUT2D eigenvalue weighted by Gasteiger charge is -2.28. The summed E-state index contributed by atoms with van der Waals surface area (Å²) >= 11 is 0. The van der Waals surface area contributed by atoms with E-state index in [0.29, 0.717) is 17.4 Å². The van der Waals surface area contributed by atoms with Gasteiger partial charge in [0.1, 0.15) is 19.8 Å². The van der Waals surface area contributed by atoms with Crippen molar-refractivity contribution in [2.75, 3.05) is 47.5 Å². The van der Waals surface area contributed by atoms with Gasteiger partial charge in [-0.3, -0.25) is 14.2 Å². The van der Waals surface area contributed by atoms with Crippen LogP contribution in [-0.4, -0.2) is 70.0 Å².